The van der Waals surface area contributed by atoms with E-state index in [1.165, 1.54) is 5.56 Å². The molecule has 3 aromatic carbocycles. The molecule has 0 bridgehead atoms. The fourth-order valence-corrected chi connectivity index (χ4v) is 5.20. The number of amides is 3. The summed E-state index contributed by atoms with van der Waals surface area (Å²) in [5, 5.41) is 12.0. The second-order valence-electron chi connectivity index (χ2n) is 11.0. The van der Waals surface area contributed by atoms with Crippen LogP contribution in [0.25, 0.3) is 11.0 Å². The van der Waals surface area contributed by atoms with Crippen LogP contribution in [0.5, 0.6) is 0 Å². The third-order valence-electron chi connectivity index (χ3n) is 7.83. The summed E-state index contributed by atoms with van der Waals surface area (Å²) in [7, 11) is 0. The molecule has 2 atom stereocenters. The van der Waals surface area contributed by atoms with Gasteiger partial charge in [0.1, 0.15) is 12.6 Å². The minimum Gasteiger partial charge on any atom is -0.459 e. The largest absolute Gasteiger partial charge is 0.459 e. The van der Waals surface area contributed by atoms with Crippen LogP contribution in [0.2, 0.25) is 0 Å². The fourth-order valence-electron chi connectivity index (χ4n) is 5.20. The Labute approximate surface area is 262 Å². The van der Waals surface area contributed by atoms with Crippen molar-refractivity contribution in [2.24, 2.45) is 0 Å². The van der Waals surface area contributed by atoms with Gasteiger partial charge in [0.2, 0.25) is 0 Å². The summed E-state index contributed by atoms with van der Waals surface area (Å²) >= 11 is 0. The molecule has 1 heterocycles. The predicted molar refractivity (Wildman–Crippen MR) is 173 cm³/mol. The lowest BCUT2D eigenvalue weighted by atomic mass is 10.1. The van der Waals surface area contributed by atoms with Crippen LogP contribution in [-0.4, -0.2) is 47.0 Å². The Hall–Kier alpha value is -5.38. The number of aromatic amines is 1. The molecular weight excluding hydrogens is 568 g/mol. The van der Waals surface area contributed by atoms with Crippen molar-refractivity contribution in [3.05, 3.63) is 125 Å². The molecule has 1 aliphatic rings. The lowest BCUT2D eigenvalue weighted by Crippen LogP contribution is -2.49. The molecule has 5 N–H and O–H groups in total. The number of esters is 1. The van der Waals surface area contributed by atoms with Crippen molar-refractivity contribution in [3.8, 4) is 0 Å². The second-order valence-corrected chi connectivity index (χ2v) is 11.0. The van der Waals surface area contributed by atoms with Gasteiger partial charge in [0.25, 0.3) is 5.91 Å². The van der Waals surface area contributed by atoms with Gasteiger partial charge in [-0.05, 0) is 67.2 Å². The van der Waals surface area contributed by atoms with Crippen LogP contribution in [0.3, 0.4) is 0 Å². The second kappa shape index (κ2) is 14.9. The summed E-state index contributed by atoms with van der Waals surface area (Å²) in [5.41, 5.74) is 6.96. The number of carbonyl (C=O) groups is 3. The number of H-pyrrole nitrogens is 1. The van der Waals surface area contributed by atoms with Crippen LogP contribution in [0.4, 0.5) is 4.79 Å². The van der Waals surface area contributed by atoms with Crippen LogP contribution in [0, 0.1) is 0 Å². The number of nitrogens with zero attached hydrogens (tertiary/aromatic N) is 1. The zero-order chi connectivity index (χ0) is 31.6. The molecule has 0 unspecified atom stereocenters. The van der Waals surface area contributed by atoms with Crippen LogP contribution in [-0.2, 0) is 22.6 Å². The van der Waals surface area contributed by atoms with Gasteiger partial charge in [0.05, 0.1) is 29.9 Å². The van der Waals surface area contributed by atoms with E-state index in [9.17, 15) is 14.4 Å². The summed E-state index contributed by atoms with van der Waals surface area (Å²) in [5.74, 6) is -0.678. The number of fused-ring (bicyclic) bond motifs is 2. The molecule has 4 aromatic rings. The minimum absolute atomic E-state index is 0.0267. The van der Waals surface area contributed by atoms with Crippen LogP contribution in [0.1, 0.15) is 53.4 Å². The highest BCUT2D eigenvalue weighted by Crippen LogP contribution is 2.30. The highest BCUT2D eigenvalue weighted by Gasteiger charge is 2.25. The molecule has 3 amide bonds. The van der Waals surface area contributed by atoms with E-state index in [4.69, 9.17) is 4.74 Å². The first-order valence-electron chi connectivity index (χ1n) is 15.0. The molecule has 1 aliphatic carbocycles. The Balaban J connectivity index is 1.17. The van der Waals surface area contributed by atoms with Crippen molar-refractivity contribution in [3.63, 3.8) is 0 Å². The number of aromatic nitrogens is 2. The summed E-state index contributed by atoms with van der Waals surface area (Å²) in [4.78, 5) is 45.8. The molecule has 5 rings (SSSR count). The Morgan fingerprint density at radius 3 is 2.67 bits per heavy atom. The lowest BCUT2D eigenvalue weighted by molar-refractivity contribution is -0.147. The van der Waals surface area contributed by atoms with Crippen molar-refractivity contribution < 1.29 is 19.1 Å². The quantitative estimate of drug-likeness (QED) is 0.116. The number of urea groups is 1. The summed E-state index contributed by atoms with van der Waals surface area (Å²) in [6.07, 6.45) is 7.04. The topological polar surface area (TPSA) is 137 Å². The Morgan fingerprint density at radius 2 is 1.82 bits per heavy atom. The van der Waals surface area contributed by atoms with Gasteiger partial charge in [0.15, 0.2) is 0 Å². The van der Waals surface area contributed by atoms with Gasteiger partial charge >= 0.3 is 12.0 Å². The molecule has 0 saturated heterocycles. The normalized spacial score (nSPS) is 15.2. The van der Waals surface area contributed by atoms with E-state index < -0.39 is 12.0 Å². The van der Waals surface area contributed by atoms with E-state index in [0.29, 0.717) is 12.1 Å². The molecule has 1 aromatic heterocycles. The number of rotatable bonds is 12. The van der Waals surface area contributed by atoms with Gasteiger partial charge in [-0.15, -0.1) is 0 Å². The standard InChI is InChI=1S/C35H38N6O4/c1-23(9-8-18-36-33(42)27-15-17-30-31(19-27)39-22-38-30)24(2)40-32(34(43)45-21-25-10-4-3-5-11-25)20-37-35(44)41-29-16-14-26-12-6-7-13-28(26)29/h3-13,15,17,19,22,29,32,40H,14,16,18,20-21H2,1-2H3,(H,36,42)(H,38,39)(H2,37,41,44)/b9-8+,24-23+/t29-,32+/m1/s1. The van der Waals surface area contributed by atoms with Crippen molar-refractivity contribution in [1.29, 1.82) is 0 Å². The number of nitrogens with one attached hydrogen (secondary N) is 5. The molecule has 232 valence electrons. The molecule has 10 nitrogen and oxygen atoms in total. The van der Waals surface area contributed by atoms with Gasteiger partial charge < -0.3 is 31.0 Å². The molecule has 0 radical (unpaired) electrons. The maximum atomic E-state index is 13.2. The number of ether oxygens (including phenoxy) is 1. The van der Waals surface area contributed by atoms with Gasteiger partial charge in [-0.1, -0.05) is 66.7 Å². The first-order valence-corrected chi connectivity index (χ1v) is 15.0. The number of carbonyl (C=O) groups excluding carboxylic acids is 3. The third kappa shape index (κ3) is 8.38. The van der Waals surface area contributed by atoms with E-state index in [2.05, 4.69) is 37.3 Å². The lowest BCUT2D eigenvalue weighted by Gasteiger charge is -2.22. The number of allylic oxidation sites excluding steroid dienone is 3. The van der Waals surface area contributed by atoms with Gasteiger partial charge in [-0.2, -0.15) is 0 Å². The average molecular weight is 607 g/mol. The molecule has 45 heavy (non-hydrogen) atoms. The highest BCUT2D eigenvalue weighted by molar-refractivity contribution is 5.97. The van der Waals surface area contributed by atoms with Gasteiger partial charge in [-0.3, -0.25) is 4.79 Å². The average Bonchev–Trinajstić information content (AvgIpc) is 3.70. The number of benzene rings is 3. The first-order chi connectivity index (χ1) is 21.9. The van der Waals surface area contributed by atoms with Crippen LogP contribution < -0.4 is 21.3 Å². The zero-order valence-electron chi connectivity index (χ0n) is 25.4. The minimum atomic E-state index is -0.823. The third-order valence-corrected chi connectivity index (χ3v) is 7.83. The van der Waals surface area contributed by atoms with E-state index in [0.717, 1.165) is 46.3 Å². The first kappa shape index (κ1) is 31.1. The molecule has 10 heteroatoms. The van der Waals surface area contributed by atoms with E-state index in [1.54, 1.807) is 24.5 Å². The molecular formula is C35H38N6O4. The smallest absolute Gasteiger partial charge is 0.330 e. The molecule has 0 spiro atoms. The maximum absolute atomic E-state index is 13.2. The number of imidazole rings is 1. The number of hydrogen-bond donors (Lipinski definition) is 5. The van der Waals surface area contributed by atoms with Crippen molar-refractivity contribution in [2.45, 2.75) is 45.4 Å². The van der Waals surface area contributed by atoms with E-state index >= 15 is 0 Å². The molecule has 0 saturated carbocycles. The highest BCUT2D eigenvalue weighted by atomic mass is 16.5. The molecule has 0 fully saturated rings. The summed E-state index contributed by atoms with van der Waals surface area (Å²) in [6, 6.07) is 21.6. The number of aryl methyl sites for hydroxylation is 1. The maximum Gasteiger partial charge on any atom is 0.330 e. The Kier molecular flexibility index (Phi) is 10.3. The Morgan fingerprint density at radius 1 is 1.02 bits per heavy atom. The van der Waals surface area contributed by atoms with Crippen molar-refractivity contribution >= 4 is 28.9 Å². The summed E-state index contributed by atoms with van der Waals surface area (Å²) < 4.78 is 5.60. The predicted octanol–water partition coefficient (Wildman–Crippen LogP) is 4.83. The van der Waals surface area contributed by atoms with E-state index in [1.807, 2.05) is 74.5 Å². The molecule has 0 aliphatic heterocycles. The summed E-state index contributed by atoms with van der Waals surface area (Å²) in [6.45, 7) is 4.22. The fraction of sp³-hybridized carbons (Fsp3) is 0.257. The van der Waals surface area contributed by atoms with Crippen LogP contribution in [0.15, 0.2) is 103 Å². The number of hydrogen-bond acceptors (Lipinski definition) is 6. The monoisotopic (exact) mass is 606 g/mol. The van der Waals surface area contributed by atoms with Crippen LogP contribution >= 0.6 is 0 Å². The van der Waals surface area contributed by atoms with Crippen molar-refractivity contribution in [2.75, 3.05) is 13.1 Å². The van der Waals surface area contributed by atoms with Gasteiger partial charge in [0, 0.05) is 17.8 Å². The van der Waals surface area contributed by atoms with Crippen molar-refractivity contribution in [1.82, 2.24) is 31.2 Å². The zero-order valence-corrected chi connectivity index (χ0v) is 25.4. The van der Waals surface area contributed by atoms with E-state index in [-0.39, 0.29) is 31.1 Å². The Bertz CT molecular complexity index is 1710. The SMILES string of the molecule is CC(/C=C/CNC(=O)c1ccc2nc[nH]c2c1)=C(/C)N[C@@H](CNC(=O)N[C@@H]1CCc2ccccc21)C(=O)OCc1ccccc1. The van der Waals surface area contributed by atoms with Gasteiger partial charge in [-0.25, -0.2) is 14.6 Å².